The lowest BCUT2D eigenvalue weighted by Crippen LogP contribution is -2.37. The van der Waals surface area contributed by atoms with E-state index < -0.39 is 0 Å². The fraction of sp³-hybridized carbons (Fsp3) is 0.286. The first-order valence-electron chi connectivity index (χ1n) is 9.67. The van der Waals surface area contributed by atoms with Crippen LogP contribution in [0.25, 0.3) is 22.7 Å². The van der Waals surface area contributed by atoms with Crippen molar-refractivity contribution in [3.8, 4) is 17.1 Å². The Morgan fingerprint density at radius 1 is 0.964 bits per heavy atom. The van der Waals surface area contributed by atoms with Crippen molar-refractivity contribution in [2.24, 2.45) is 0 Å². The average Bonchev–Trinajstić information content (AvgIpc) is 3.45. The van der Waals surface area contributed by atoms with Gasteiger partial charge in [-0.05, 0) is 6.07 Å². The molecule has 7 heteroatoms. The van der Waals surface area contributed by atoms with Crippen LogP contribution < -0.4 is 4.90 Å². The summed E-state index contributed by atoms with van der Waals surface area (Å²) in [6.07, 6.45) is 3.72. The second-order valence-electron chi connectivity index (χ2n) is 6.18. The van der Waals surface area contributed by atoms with Crippen LogP contribution in [0.4, 0.5) is 5.82 Å². The van der Waals surface area contributed by atoms with Gasteiger partial charge in [-0.15, -0.1) is 0 Å². The molecule has 0 saturated carbocycles. The molecule has 0 N–H and O–H groups in total. The number of aromatic nitrogens is 5. The van der Waals surface area contributed by atoms with Crippen LogP contribution in [0.15, 0.2) is 60.9 Å². The monoisotopic (exact) mass is 376 g/mol. The quantitative estimate of drug-likeness (QED) is 0.548. The number of nitrogens with zero attached hydrogens (tertiary/aromatic N) is 6. The molecule has 144 valence electrons. The Bertz CT molecular complexity index is 1030. The SMILES string of the molecule is CC.c1ccc(-c2ccn(-c3cc(N4CCOCC4)n4nccc4n3)n2)cc1. The smallest absolute Gasteiger partial charge is 0.159 e. The van der Waals surface area contributed by atoms with Crippen LogP contribution in [-0.4, -0.2) is 50.7 Å². The molecule has 0 spiro atoms. The summed E-state index contributed by atoms with van der Waals surface area (Å²) in [5.41, 5.74) is 2.82. The molecular formula is C21H24N6O. The second-order valence-corrected chi connectivity index (χ2v) is 6.18. The van der Waals surface area contributed by atoms with E-state index in [0.717, 1.165) is 54.8 Å². The molecule has 0 unspecified atom stereocenters. The van der Waals surface area contributed by atoms with E-state index in [2.05, 4.69) is 22.1 Å². The minimum atomic E-state index is 0.723. The summed E-state index contributed by atoms with van der Waals surface area (Å²) in [7, 11) is 0. The Morgan fingerprint density at radius 3 is 2.54 bits per heavy atom. The Morgan fingerprint density at radius 2 is 1.75 bits per heavy atom. The van der Waals surface area contributed by atoms with Crippen LogP contribution in [0.1, 0.15) is 13.8 Å². The number of hydrogen-bond acceptors (Lipinski definition) is 5. The molecule has 1 aliphatic heterocycles. The van der Waals surface area contributed by atoms with Gasteiger partial charge in [0.2, 0.25) is 0 Å². The highest BCUT2D eigenvalue weighted by Crippen LogP contribution is 2.22. The van der Waals surface area contributed by atoms with Gasteiger partial charge in [-0.25, -0.2) is 9.67 Å². The molecule has 0 amide bonds. The van der Waals surface area contributed by atoms with Crippen molar-refractivity contribution in [3.05, 3.63) is 60.9 Å². The highest BCUT2D eigenvalue weighted by atomic mass is 16.5. The number of rotatable bonds is 3. The van der Waals surface area contributed by atoms with Crippen molar-refractivity contribution in [3.63, 3.8) is 0 Å². The second kappa shape index (κ2) is 8.22. The maximum Gasteiger partial charge on any atom is 0.159 e. The third kappa shape index (κ3) is 3.48. The summed E-state index contributed by atoms with van der Waals surface area (Å²) < 4.78 is 9.17. The van der Waals surface area contributed by atoms with Crippen LogP contribution in [-0.2, 0) is 4.74 Å². The molecule has 0 bridgehead atoms. The van der Waals surface area contributed by atoms with Gasteiger partial charge in [-0.3, -0.25) is 0 Å². The van der Waals surface area contributed by atoms with E-state index in [-0.39, 0.29) is 0 Å². The molecule has 0 atom stereocenters. The van der Waals surface area contributed by atoms with Gasteiger partial charge < -0.3 is 9.64 Å². The van der Waals surface area contributed by atoms with Crippen LogP contribution in [0.2, 0.25) is 0 Å². The maximum absolute atomic E-state index is 5.48. The van der Waals surface area contributed by atoms with Crippen molar-refractivity contribution in [2.45, 2.75) is 13.8 Å². The number of benzene rings is 1. The van der Waals surface area contributed by atoms with Gasteiger partial charge in [0.1, 0.15) is 5.82 Å². The van der Waals surface area contributed by atoms with Gasteiger partial charge in [-0.1, -0.05) is 44.2 Å². The molecular weight excluding hydrogens is 352 g/mol. The Hall–Kier alpha value is -3.19. The molecule has 28 heavy (non-hydrogen) atoms. The zero-order valence-corrected chi connectivity index (χ0v) is 16.2. The van der Waals surface area contributed by atoms with Crippen molar-refractivity contribution in [1.82, 2.24) is 24.4 Å². The maximum atomic E-state index is 5.48. The largest absolute Gasteiger partial charge is 0.378 e. The minimum Gasteiger partial charge on any atom is -0.378 e. The molecule has 4 heterocycles. The van der Waals surface area contributed by atoms with E-state index >= 15 is 0 Å². The summed E-state index contributed by atoms with van der Waals surface area (Å²) >= 11 is 0. The highest BCUT2D eigenvalue weighted by Gasteiger charge is 2.17. The van der Waals surface area contributed by atoms with E-state index in [0.29, 0.717) is 0 Å². The van der Waals surface area contributed by atoms with E-state index in [1.165, 1.54) is 0 Å². The zero-order valence-electron chi connectivity index (χ0n) is 16.2. The Kier molecular flexibility index (Phi) is 5.34. The summed E-state index contributed by atoms with van der Waals surface area (Å²) in [5, 5.41) is 9.13. The summed E-state index contributed by atoms with van der Waals surface area (Å²) in [5.74, 6) is 1.79. The molecule has 0 radical (unpaired) electrons. The minimum absolute atomic E-state index is 0.723. The van der Waals surface area contributed by atoms with E-state index in [1.54, 1.807) is 6.20 Å². The third-order valence-electron chi connectivity index (χ3n) is 4.56. The van der Waals surface area contributed by atoms with Gasteiger partial charge in [0.15, 0.2) is 11.5 Å². The molecule has 1 aliphatic rings. The van der Waals surface area contributed by atoms with Gasteiger partial charge in [0.05, 0.1) is 25.1 Å². The number of fused-ring (bicyclic) bond motifs is 1. The van der Waals surface area contributed by atoms with Crippen LogP contribution in [0, 0.1) is 0 Å². The van der Waals surface area contributed by atoms with Crippen LogP contribution >= 0.6 is 0 Å². The van der Waals surface area contributed by atoms with Gasteiger partial charge >= 0.3 is 0 Å². The van der Waals surface area contributed by atoms with E-state index in [1.807, 2.05) is 65.6 Å². The first kappa shape index (κ1) is 18.2. The van der Waals surface area contributed by atoms with E-state index in [9.17, 15) is 0 Å². The fourth-order valence-corrected chi connectivity index (χ4v) is 3.23. The van der Waals surface area contributed by atoms with E-state index in [4.69, 9.17) is 14.8 Å². The number of anilines is 1. The van der Waals surface area contributed by atoms with Crippen LogP contribution in [0.5, 0.6) is 0 Å². The molecule has 3 aromatic heterocycles. The standard InChI is InChI=1S/C19H18N6O.C2H6/c1-2-4-15(5-3-1)16-7-9-24(22-16)18-14-19(23-10-12-26-13-11-23)25-17(21-18)6-8-20-25;1-2/h1-9,14H,10-13H2;1-2H3. The number of morpholine rings is 1. The fourth-order valence-electron chi connectivity index (χ4n) is 3.23. The van der Waals surface area contributed by atoms with Gasteiger partial charge in [0.25, 0.3) is 0 Å². The highest BCUT2D eigenvalue weighted by molar-refractivity contribution is 5.59. The number of hydrogen-bond donors (Lipinski definition) is 0. The summed E-state index contributed by atoms with van der Waals surface area (Å²) in [4.78, 5) is 6.99. The first-order valence-corrected chi connectivity index (χ1v) is 9.67. The van der Waals surface area contributed by atoms with Gasteiger partial charge in [-0.2, -0.15) is 14.7 Å². The Balaban J connectivity index is 0.000000932. The lowest BCUT2D eigenvalue weighted by molar-refractivity contribution is 0.122. The van der Waals surface area contributed by atoms with Crippen LogP contribution in [0.3, 0.4) is 0 Å². The molecule has 1 fully saturated rings. The summed E-state index contributed by atoms with van der Waals surface area (Å²) in [6, 6.07) is 16.1. The lowest BCUT2D eigenvalue weighted by Gasteiger charge is -2.29. The molecule has 5 rings (SSSR count). The Labute approximate surface area is 164 Å². The average molecular weight is 376 g/mol. The van der Waals surface area contributed by atoms with Gasteiger partial charge in [0, 0.05) is 37.0 Å². The first-order chi connectivity index (χ1) is 13.9. The van der Waals surface area contributed by atoms with Crippen molar-refractivity contribution in [1.29, 1.82) is 0 Å². The topological polar surface area (TPSA) is 60.5 Å². The molecule has 1 aromatic carbocycles. The van der Waals surface area contributed by atoms with Crippen molar-refractivity contribution < 1.29 is 4.74 Å². The third-order valence-corrected chi connectivity index (χ3v) is 4.56. The summed E-state index contributed by atoms with van der Waals surface area (Å²) in [6.45, 7) is 7.13. The molecule has 1 saturated heterocycles. The van der Waals surface area contributed by atoms with Crippen molar-refractivity contribution in [2.75, 3.05) is 31.2 Å². The zero-order chi connectivity index (χ0) is 19.3. The molecule has 4 aromatic rings. The molecule has 7 nitrogen and oxygen atoms in total. The predicted octanol–water partition coefficient (Wildman–Crippen LogP) is 3.44. The lowest BCUT2D eigenvalue weighted by atomic mass is 10.2. The number of ether oxygens (including phenoxy) is 1. The predicted molar refractivity (Wildman–Crippen MR) is 110 cm³/mol. The van der Waals surface area contributed by atoms with Crippen molar-refractivity contribution >= 4 is 11.5 Å². The molecule has 0 aliphatic carbocycles. The normalized spacial score (nSPS) is 14.0.